The minimum atomic E-state index is -0.668. The lowest BCUT2D eigenvalue weighted by atomic mass is 10.1. The van der Waals surface area contributed by atoms with Crippen molar-refractivity contribution in [2.24, 2.45) is 0 Å². The monoisotopic (exact) mass is 348 g/mol. The molecular formula is C17H12N6O3. The molecule has 9 heteroatoms. The van der Waals surface area contributed by atoms with Crippen LogP contribution in [0.2, 0.25) is 0 Å². The van der Waals surface area contributed by atoms with Gasteiger partial charge in [-0.2, -0.15) is 5.26 Å². The quantitative estimate of drug-likeness (QED) is 0.710. The van der Waals surface area contributed by atoms with Gasteiger partial charge in [0.15, 0.2) is 11.5 Å². The van der Waals surface area contributed by atoms with Crippen LogP contribution in [-0.4, -0.2) is 38.7 Å². The Balaban J connectivity index is 1.84. The van der Waals surface area contributed by atoms with Crippen LogP contribution in [0.1, 0.15) is 26.4 Å². The summed E-state index contributed by atoms with van der Waals surface area (Å²) in [4.78, 5) is 28.2. The zero-order valence-corrected chi connectivity index (χ0v) is 13.6. The van der Waals surface area contributed by atoms with Crippen molar-refractivity contribution in [2.75, 3.05) is 12.4 Å². The van der Waals surface area contributed by atoms with Crippen LogP contribution in [0.4, 0.5) is 5.69 Å². The molecule has 1 aromatic carbocycles. The van der Waals surface area contributed by atoms with Gasteiger partial charge in [0.25, 0.3) is 5.91 Å². The first-order valence-electron chi connectivity index (χ1n) is 7.38. The smallest absolute Gasteiger partial charge is 0.340 e. The van der Waals surface area contributed by atoms with Gasteiger partial charge in [0.2, 0.25) is 0 Å². The number of nitrogens with one attached hydrogen (secondary N) is 1. The molecule has 0 fully saturated rings. The Morgan fingerprint density at radius 3 is 2.69 bits per heavy atom. The second kappa shape index (κ2) is 7.23. The molecule has 9 nitrogen and oxygen atoms in total. The number of nitrogens with zero attached hydrogens (tertiary/aromatic N) is 5. The third kappa shape index (κ3) is 3.39. The standard InChI is InChI=1S/C17H12N6O3/c1-26-17(25)12-8-11(9-18)2-3-13(12)20-16(24)14-4-5-15(22-21-14)23-7-6-19-10-23/h2-8,10H,1H3,(H,20,24). The molecule has 3 rings (SSSR count). The molecule has 0 unspecified atom stereocenters. The summed E-state index contributed by atoms with van der Waals surface area (Å²) >= 11 is 0. The third-order valence-electron chi connectivity index (χ3n) is 3.45. The maximum absolute atomic E-state index is 12.4. The number of esters is 1. The van der Waals surface area contributed by atoms with Gasteiger partial charge in [-0.05, 0) is 30.3 Å². The molecule has 0 atom stereocenters. The number of imidazole rings is 1. The van der Waals surface area contributed by atoms with Crippen molar-refractivity contribution in [1.82, 2.24) is 19.7 Å². The van der Waals surface area contributed by atoms with Crippen LogP contribution in [0.25, 0.3) is 5.82 Å². The van der Waals surface area contributed by atoms with Gasteiger partial charge in [0.1, 0.15) is 6.33 Å². The van der Waals surface area contributed by atoms with Crippen molar-refractivity contribution in [3.8, 4) is 11.9 Å². The number of carbonyl (C=O) groups excluding carboxylic acids is 2. The topological polar surface area (TPSA) is 123 Å². The first kappa shape index (κ1) is 16.8. The lowest BCUT2D eigenvalue weighted by Gasteiger charge is -2.10. The molecule has 0 aliphatic carbocycles. The molecule has 128 valence electrons. The molecule has 0 aliphatic rings. The van der Waals surface area contributed by atoms with Crippen molar-refractivity contribution in [3.63, 3.8) is 0 Å². The molecule has 3 aromatic rings. The summed E-state index contributed by atoms with van der Waals surface area (Å²) < 4.78 is 6.33. The normalized spacial score (nSPS) is 10.0. The van der Waals surface area contributed by atoms with Gasteiger partial charge in [0, 0.05) is 12.4 Å². The highest BCUT2D eigenvalue weighted by Crippen LogP contribution is 2.19. The lowest BCUT2D eigenvalue weighted by molar-refractivity contribution is 0.0602. The summed E-state index contributed by atoms with van der Waals surface area (Å²) in [6.45, 7) is 0. The zero-order valence-electron chi connectivity index (χ0n) is 13.6. The fraction of sp³-hybridized carbons (Fsp3) is 0.0588. The number of carbonyl (C=O) groups is 2. The Morgan fingerprint density at radius 2 is 2.08 bits per heavy atom. The predicted octanol–water partition coefficient (Wildman–Crippen LogP) is 1.57. The summed E-state index contributed by atoms with van der Waals surface area (Å²) in [7, 11) is 1.22. The number of hydrogen-bond donors (Lipinski definition) is 1. The fourth-order valence-electron chi connectivity index (χ4n) is 2.17. The van der Waals surface area contributed by atoms with Crippen LogP contribution in [0, 0.1) is 11.3 Å². The number of anilines is 1. The summed E-state index contributed by atoms with van der Waals surface area (Å²) in [6.07, 6.45) is 4.85. The molecular weight excluding hydrogens is 336 g/mol. The molecule has 0 spiro atoms. The van der Waals surface area contributed by atoms with E-state index in [1.807, 2.05) is 6.07 Å². The second-order valence-electron chi connectivity index (χ2n) is 5.06. The van der Waals surface area contributed by atoms with Gasteiger partial charge in [-0.25, -0.2) is 9.78 Å². The van der Waals surface area contributed by atoms with Crippen LogP contribution in [-0.2, 0) is 4.74 Å². The van der Waals surface area contributed by atoms with E-state index in [0.717, 1.165) is 0 Å². The van der Waals surface area contributed by atoms with E-state index in [4.69, 9.17) is 5.26 Å². The number of aromatic nitrogens is 4. The van der Waals surface area contributed by atoms with E-state index in [1.165, 1.54) is 31.4 Å². The van der Waals surface area contributed by atoms with Crippen molar-refractivity contribution in [2.45, 2.75) is 0 Å². The second-order valence-corrected chi connectivity index (χ2v) is 5.06. The van der Waals surface area contributed by atoms with Crippen molar-refractivity contribution in [3.05, 3.63) is 65.9 Å². The highest BCUT2D eigenvalue weighted by molar-refractivity contribution is 6.07. The highest BCUT2D eigenvalue weighted by Gasteiger charge is 2.17. The van der Waals surface area contributed by atoms with Crippen molar-refractivity contribution >= 4 is 17.6 Å². The number of benzene rings is 1. The largest absolute Gasteiger partial charge is 0.465 e. The average Bonchev–Trinajstić information content (AvgIpc) is 3.22. The number of rotatable bonds is 4. The molecule has 0 saturated heterocycles. The van der Waals surface area contributed by atoms with Crippen molar-refractivity contribution in [1.29, 1.82) is 5.26 Å². The zero-order chi connectivity index (χ0) is 18.5. The van der Waals surface area contributed by atoms with E-state index in [1.54, 1.807) is 29.4 Å². The number of methoxy groups -OCH3 is 1. The maximum atomic E-state index is 12.4. The first-order valence-corrected chi connectivity index (χ1v) is 7.38. The predicted molar refractivity (Wildman–Crippen MR) is 89.6 cm³/mol. The Kier molecular flexibility index (Phi) is 4.67. The van der Waals surface area contributed by atoms with E-state index in [2.05, 4.69) is 25.2 Å². The minimum absolute atomic E-state index is 0.0639. The average molecular weight is 348 g/mol. The van der Waals surface area contributed by atoms with E-state index >= 15 is 0 Å². The lowest BCUT2D eigenvalue weighted by Crippen LogP contribution is -2.17. The first-order chi connectivity index (χ1) is 12.6. The summed E-state index contributed by atoms with van der Waals surface area (Å²) in [5.41, 5.74) is 0.617. The third-order valence-corrected chi connectivity index (χ3v) is 3.45. The van der Waals surface area contributed by atoms with E-state index < -0.39 is 11.9 Å². The maximum Gasteiger partial charge on any atom is 0.340 e. The van der Waals surface area contributed by atoms with Crippen LogP contribution in [0.15, 0.2) is 49.1 Å². The Bertz CT molecular complexity index is 990. The number of ether oxygens (including phenoxy) is 1. The van der Waals surface area contributed by atoms with Crippen LogP contribution in [0.3, 0.4) is 0 Å². The fourth-order valence-corrected chi connectivity index (χ4v) is 2.17. The number of amides is 1. The molecule has 26 heavy (non-hydrogen) atoms. The van der Waals surface area contributed by atoms with E-state index in [-0.39, 0.29) is 22.5 Å². The highest BCUT2D eigenvalue weighted by atomic mass is 16.5. The van der Waals surface area contributed by atoms with Crippen molar-refractivity contribution < 1.29 is 14.3 Å². The van der Waals surface area contributed by atoms with Crippen LogP contribution >= 0.6 is 0 Å². The number of nitriles is 1. The van der Waals surface area contributed by atoms with Gasteiger partial charge >= 0.3 is 5.97 Å². The summed E-state index contributed by atoms with van der Waals surface area (Å²) in [5, 5.41) is 19.4. The van der Waals surface area contributed by atoms with Gasteiger partial charge in [0.05, 0.1) is 30.0 Å². The molecule has 0 aliphatic heterocycles. The molecule has 0 radical (unpaired) electrons. The van der Waals surface area contributed by atoms with Crippen LogP contribution in [0.5, 0.6) is 0 Å². The van der Waals surface area contributed by atoms with E-state index in [0.29, 0.717) is 5.82 Å². The minimum Gasteiger partial charge on any atom is -0.465 e. The van der Waals surface area contributed by atoms with Gasteiger partial charge < -0.3 is 10.1 Å². The van der Waals surface area contributed by atoms with Gasteiger partial charge in [-0.15, -0.1) is 10.2 Å². The number of hydrogen-bond acceptors (Lipinski definition) is 7. The molecule has 0 saturated carbocycles. The summed E-state index contributed by atoms with van der Waals surface area (Å²) in [6, 6.07) is 9.32. The molecule has 2 heterocycles. The van der Waals surface area contributed by atoms with Gasteiger partial charge in [-0.3, -0.25) is 9.36 Å². The molecule has 1 amide bonds. The molecule has 0 bridgehead atoms. The molecule has 1 N–H and O–H groups in total. The Hall–Kier alpha value is -4.06. The summed E-state index contributed by atoms with van der Waals surface area (Å²) in [5.74, 6) is -0.712. The SMILES string of the molecule is COC(=O)c1cc(C#N)ccc1NC(=O)c1ccc(-n2ccnc2)nn1. The Labute approximate surface area is 147 Å². The van der Waals surface area contributed by atoms with Crippen LogP contribution < -0.4 is 5.32 Å². The van der Waals surface area contributed by atoms with E-state index in [9.17, 15) is 9.59 Å². The van der Waals surface area contributed by atoms with Gasteiger partial charge in [-0.1, -0.05) is 0 Å². The molecule has 2 aromatic heterocycles. The Morgan fingerprint density at radius 1 is 1.23 bits per heavy atom.